The van der Waals surface area contributed by atoms with Crippen LogP contribution in [0.1, 0.15) is 19.0 Å². The summed E-state index contributed by atoms with van der Waals surface area (Å²) in [6.07, 6.45) is 1.28. The number of aromatic nitrogens is 3. The summed E-state index contributed by atoms with van der Waals surface area (Å²) in [5.41, 5.74) is 0.839. The predicted molar refractivity (Wildman–Crippen MR) is 63.4 cm³/mol. The monoisotopic (exact) mass is 274 g/mol. The standard InChI is InChI=1S/C9H11ClN4O2S/c1-2-3-6-9(17(11,15)16)14-8(12-6)5-4-7(10)13-14/h4-5H,2-3H2,1H3,(H2,11,15,16). The van der Waals surface area contributed by atoms with E-state index in [9.17, 15) is 8.42 Å². The number of nitrogens with zero attached hydrogens (tertiary/aromatic N) is 3. The number of fused-ring (bicyclic) bond motifs is 1. The van der Waals surface area contributed by atoms with Gasteiger partial charge in [0.25, 0.3) is 10.0 Å². The fraction of sp³-hybridized carbons (Fsp3) is 0.333. The second kappa shape index (κ2) is 4.25. The third kappa shape index (κ3) is 2.26. The number of primary sulfonamides is 1. The lowest BCUT2D eigenvalue weighted by Gasteiger charge is -2.00. The molecule has 0 bridgehead atoms. The molecule has 0 saturated carbocycles. The van der Waals surface area contributed by atoms with Crippen LogP contribution in [0.4, 0.5) is 0 Å². The Morgan fingerprint density at radius 3 is 2.76 bits per heavy atom. The summed E-state index contributed by atoms with van der Waals surface area (Å²) in [6, 6.07) is 3.15. The van der Waals surface area contributed by atoms with Gasteiger partial charge in [0, 0.05) is 0 Å². The molecule has 0 fully saturated rings. The maximum Gasteiger partial charge on any atom is 0.257 e. The molecule has 0 radical (unpaired) electrons. The fourth-order valence-corrected chi connectivity index (χ4v) is 2.61. The lowest BCUT2D eigenvalue weighted by molar-refractivity contribution is 0.587. The van der Waals surface area contributed by atoms with Gasteiger partial charge in [-0.1, -0.05) is 24.9 Å². The van der Waals surface area contributed by atoms with E-state index >= 15 is 0 Å². The number of halogens is 1. The Hall–Kier alpha value is -1.18. The van der Waals surface area contributed by atoms with Crippen LogP contribution in [0, 0.1) is 0 Å². The van der Waals surface area contributed by atoms with Crippen LogP contribution < -0.4 is 5.14 Å². The first-order valence-electron chi connectivity index (χ1n) is 5.00. The van der Waals surface area contributed by atoms with Gasteiger partial charge in [-0.15, -0.1) is 0 Å². The van der Waals surface area contributed by atoms with Crippen LogP contribution in [-0.4, -0.2) is 23.0 Å². The second-order valence-corrected chi connectivity index (χ2v) is 5.45. The van der Waals surface area contributed by atoms with Gasteiger partial charge in [-0.3, -0.25) is 0 Å². The minimum absolute atomic E-state index is 0.0862. The molecule has 0 aliphatic carbocycles. The Kier molecular flexibility index (Phi) is 3.07. The molecule has 0 aliphatic rings. The highest BCUT2D eigenvalue weighted by Crippen LogP contribution is 2.18. The van der Waals surface area contributed by atoms with Gasteiger partial charge in [0.1, 0.15) is 5.15 Å². The van der Waals surface area contributed by atoms with Gasteiger partial charge in [0.15, 0.2) is 10.7 Å². The molecule has 0 amide bonds. The zero-order chi connectivity index (χ0) is 12.6. The first-order valence-corrected chi connectivity index (χ1v) is 6.93. The highest BCUT2D eigenvalue weighted by atomic mass is 35.5. The van der Waals surface area contributed by atoms with Crippen LogP contribution in [0.3, 0.4) is 0 Å². The van der Waals surface area contributed by atoms with Crippen molar-refractivity contribution in [3.63, 3.8) is 0 Å². The molecule has 0 aromatic carbocycles. The Labute approximate surface area is 103 Å². The maximum absolute atomic E-state index is 11.5. The van der Waals surface area contributed by atoms with E-state index in [-0.39, 0.29) is 10.2 Å². The molecular formula is C9H11ClN4O2S. The smallest absolute Gasteiger partial charge is 0.231 e. The van der Waals surface area contributed by atoms with E-state index in [1.807, 2.05) is 6.92 Å². The molecule has 2 N–H and O–H groups in total. The molecule has 2 aromatic rings. The summed E-state index contributed by atoms with van der Waals surface area (Å²) in [5, 5.41) is 9.18. The zero-order valence-corrected chi connectivity index (χ0v) is 10.7. The molecule has 17 heavy (non-hydrogen) atoms. The van der Waals surface area contributed by atoms with Crippen LogP contribution in [0.25, 0.3) is 5.65 Å². The highest BCUT2D eigenvalue weighted by Gasteiger charge is 2.22. The molecule has 8 heteroatoms. The number of sulfonamides is 1. The molecule has 92 valence electrons. The Morgan fingerprint density at radius 2 is 2.18 bits per heavy atom. The topological polar surface area (TPSA) is 90.3 Å². The average Bonchev–Trinajstić information content (AvgIpc) is 2.54. The van der Waals surface area contributed by atoms with Crippen molar-refractivity contribution in [3.8, 4) is 0 Å². The normalized spacial score (nSPS) is 12.2. The molecule has 2 rings (SSSR count). The first kappa shape index (κ1) is 12.3. The zero-order valence-electron chi connectivity index (χ0n) is 9.09. The Bertz CT molecular complexity index is 665. The van der Waals surface area contributed by atoms with Crippen molar-refractivity contribution in [1.82, 2.24) is 14.6 Å². The van der Waals surface area contributed by atoms with Crippen molar-refractivity contribution in [2.24, 2.45) is 5.14 Å². The van der Waals surface area contributed by atoms with E-state index < -0.39 is 10.0 Å². The van der Waals surface area contributed by atoms with Gasteiger partial charge in [0.2, 0.25) is 0 Å². The van der Waals surface area contributed by atoms with E-state index in [1.165, 1.54) is 4.52 Å². The minimum Gasteiger partial charge on any atom is -0.231 e. The van der Waals surface area contributed by atoms with Crippen molar-refractivity contribution in [1.29, 1.82) is 0 Å². The van der Waals surface area contributed by atoms with Crippen molar-refractivity contribution in [2.75, 3.05) is 0 Å². The first-order chi connectivity index (χ1) is 7.93. The summed E-state index contributed by atoms with van der Waals surface area (Å²) in [7, 11) is -3.88. The third-order valence-corrected chi connectivity index (χ3v) is 3.38. The molecule has 0 spiro atoms. The summed E-state index contributed by atoms with van der Waals surface area (Å²) in [4.78, 5) is 4.19. The van der Waals surface area contributed by atoms with E-state index in [2.05, 4.69) is 10.1 Å². The Balaban J connectivity index is 2.83. The van der Waals surface area contributed by atoms with E-state index in [1.54, 1.807) is 12.1 Å². The quantitative estimate of drug-likeness (QED) is 0.903. The summed E-state index contributed by atoms with van der Waals surface area (Å²) in [5.74, 6) is 0. The second-order valence-electron chi connectivity index (χ2n) is 3.58. The lowest BCUT2D eigenvalue weighted by atomic mass is 10.3. The van der Waals surface area contributed by atoms with Crippen molar-refractivity contribution >= 4 is 27.3 Å². The van der Waals surface area contributed by atoms with Crippen LogP contribution in [0.2, 0.25) is 5.15 Å². The third-order valence-electron chi connectivity index (χ3n) is 2.23. The number of hydrogen-bond acceptors (Lipinski definition) is 4. The predicted octanol–water partition coefficient (Wildman–Crippen LogP) is 0.983. The number of nitrogens with two attached hydrogens (primary N) is 1. The van der Waals surface area contributed by atoms with Crippen molar-refractivity contribution in [2.45, 2.75) is 24.8 Å². The van der Waals surface area contributed by atoms with Gasteiger partial charge in [0.05, 0.1) is 5.69 Å². The van der Waals surface area contributed by atoms with Crippen molar-refractivity contribution < 1.29 is 8.42 Å². The average molecular weight is 275 g/mol. The molecule has 2 aromatic heterocycles. The highest BCUT2D eigenvalue weighted by molar-refractivity contribution is 7.89. The fourth-order valence-electron chi connectivity index (χ4n) is 1.62. The lowest BCUT2D eigenvalue weighted by Crippen LogP contribution is -2.17. The number of aryl methyl sites for hydroxylation is 1. The molecule has 0 aliphatic heterocycles. The van der Waals surface area contributed by atoms with Crippen LogP contribution in [-0.2, 0) is 16.4 Å². The SMILES string of the molecule is CCCc1nc2ccc(Cl)nn2c1S(N)(=O)=O. The molecule has 6 nitrogen and oxygen atoms in total. The molecule has 2 heterocycles. The number of imidazole rings is 1. The summed E-state index contributed by atoms with van der Waals surface area (Å²) in [6.45, 7) is 1.93. The van der Waals surface area contributed by atoms with Crippen LogP contribution >= 0.6 is 11.6 Å². The maximum atomic E-state index is 11.5. The minimum atomic E-state index is -3.88. The van der Waals surface area contributed by atoms with Gasteiger partial charge in [-0.05, 0) is 18.6 Å². The molecule has 0 unspecified atom stereocenters. The van der Waals surface area contributed by atoms with Gasteiger partial charge >= 0.3 is 0 Å². The molecule has 0 atom stereocenters. The van der Waals surface area contributed by atoms with Crippen LogP contribution in [0.15, 0.2) is 17.2 Å². The van der Waals surface area contributed by atoms with E-state index in [0.717, 1.165) is 6.42 Å². The molecule has 0 saturated heterocycles. The van der Waals surface area contributed by atoms with Crippen molar-refractivity contribution in [3.05, 3.63) is 23.0 Å². The Morgan fingerprint density at radius 1 is 1.47 bits per heavy atom. The number of rotatable bonds is 3. The van der Waals surface area contributed by atoms with Gasteiger partial charge < -0.3 is 0 Å². The van der Waals surface area contributed by atoms with Gasteiger partial charge in [-0.2, -0.15) is 9.61 Å². The summed E-state index contributed by atoms with van der Waals surface area (Å²) < 4.78 is 24.3. The number of hydrogen-bond donors (Lipinski definition) is 1. The molecular weight excluding hydrogens is 264 g/mol. The van der Waals surface area contributed by atoms with Gasteiger partial charge in [-0.25, -0.2) is 18.5 Å². The van der Waals surface area contributed by atoms with E-state index in [4.69, 9.17) is 16.7 Å². The van der Waals surface area contributed by atoms with E-state index in [0.29, 0.717) is 17.8 Å². The summed E-state index contributed by atoms with van der Waals surface area (Å²) >= 11 is 5.73. The largest absolute Gasteiger partial charge is 0.257 e. The van der Waals surface area contributed by atoms with Crippen LogP contribution in [0.5, 0.6) is 0 Å².